The fourth-order valence-electron chi connectivity index (χ4n) is 1.44. The van der Waals surface area contributed by atoms with Gasteiger partial charge in [-0.05, 0) is 30.2 Å². The highest BCUT2D eigenvalue weighted by molar-refractivity contribution is 6.30. The third-order valence-electron chi connectivity index (χ3n) is 2.31. The topological polar surface area (TPSA) is 38.0 Å². The normalized spacial score (nSPS) is 10.6. The Kier molecular flexibility index (Phi) is 2.75. The highest BCUT2D eigenvalue weighted by Crippen LogP contribution is 2.16. The third-order valence-corrected chi connectivity index (χ3v) is 2.51. The van der Waals surface area contributed by atoms with Crippen LogP contribution in [0.3, 0.4) is 0 Å². The molecule has 0 unspecified atom stereocenters. The summed E-state index contributed by atoms with van der Waals surface area (Å²) in [7, 11) is 0. The molecular formula is C11H11ClN2O. The van der Waals surface area contributed by atoms with E-state index in [4.69, 9.17) is 16.7 Å². The number of aryl methyl sites for hydroxylation is 1. The Labute approximate surface area is 92.9 Å². The fraction of sp³-hybridized carbons (Fsp3) is 0.182. The fourth-order valence-corrected chi connectivity index (χ4v) is 1.58. The van der Waals surface area contributed by atoms with Crippen molar-refractivity contribution < 1.29 is 5.11 Å². The van der Waals surface area contributed by atoms with Gasteiger partial charge < -0.3 is 5.11 Å². The molecule has 3 nitrogen and oxygen atoms in total. The van der Waals surface area contributed by atoms with Crippen molar-refractivity contribution in [2.45, 2.75) is 13.5 Å². The van der Waals surface area contributed by atoms with Gasteiger partial charge in [-0.15, -0.1) is 0 Å². The lowest BCUT2D eigenvalue weighted by molar-refractivity contribution is 0.281. The van der Waals surface area contributed by atoms with Crippen molar-refractivity contribution >= 4 is 11.6 Å². The van der Waals surface area contributed by atoms with Crippen molar-refractivity contribution in [3.8, 4) is 5.69 Å². The number of aliphatic hydroxyl groups excluding tert-OH is 1. The molecule has 2 aromatic rings. The van der Waals surface area contributed by atoms with E-state index >= 15 is 0 Å². The summed E-state index contributed by atoms with van der Waals surface area (Å²) in [4.78, 5) is 0. The van der Waals surface area contributed by atoms with Gasteiger partial charge in [0.25, 0.3) is 0 Å². The number of nitrogens with zero attached hydrogens (tertiary/aromatic N) is 2. The van der Waals surface area contributed by atoms with Crippen molar-refractivity contribution in [3.05, 3.63) is 46.7 Å². The predicted molar refractivity (Wildman–Crippen MR) is 59.2 cm³/mol. The maximum atomic E-state index is 9.04. The van der Waals surface area contributed by atoms with Crippen molar-refractivity contribution in [1.29, 1.82) is 0 Å². The number of rotatable bonds is 2. The van der Waals surface area contributed by atoms with Crippen molar-refractivity contribution in [2.24, 2.45) is 0 Å². The summed E-state index contributed by atoms with van der Waals surface area (Å²) in [6.45, 7) is 2.02. The lowest BCUT2D eigenvalue weighted by Gasteiger charge is -2.06. The van der Waals surface area contributed by atoms with E-state index < -0.39 is 0 Å². The molecule has 0 aliphatic heterocycles. The van der Waals surface area contributed by atoms with E-state index in [1.54, 1.807) is 17.1 Å². The third kappa shape index (κ3) is 2.03. The van der Waals surface area contributed by atoms with Crippen molar-refractivity contribution in [2.75, 3.05) is 0 Å². The Morgan fingerprint density at radius 3 is 2.80 bits per heavy atom. The van der Waals surface area contributed by atoms with E-state index in [1.807, 2.05) is 25.1 Å². The summed E-state index contributed by atoms with van der Waals surface area (Å²) < 4.78 is 1.70. The summed E-state index contributed by atoms with van der Waals surface area (Å²) >= 11 is 5.79. The summed E-state index contributed by atoms with van der Waals surface area (Å²) in [5, 5.41) is 13.8. The Balaban J connectivity index is 2.42. The van der Waals surface area contributed by atoms with Gasteiger partial charge in [0.05, 0.1) is 23.5 Å². The van der Waals surface area contributed by atoms with E-state index in [2.05, 4.69) is 5.10 Å². The summed E-state index contributed by atoms with van der Waals surface area (Å²) in [6.07, 6.45) is 3.34. The van der Waals surface area contributed by atoms with E-state index in [-0.39, 0.29) is 6.61 Å². The molecule has 0 saturated heterocycles. The van der Waals surface area contributed by atoms with Gasteiger partial charge in [-0.2, -0.15) is 5.10 Å². The van der Waals surface area contributed by atoms with Crippen LogP contribution in [0.25, 0.3) is 5.69 Å². The molecule has 0 bridgehead atoms. The molecule has 0 fully saturated rings. The molecule has 78 valence electrons. The summed E-state index contributed by atoms with van der Waals surface area (Å²) in [6, 6.07) is 5.76. The Morgan fingerprint density at radius 2 is 2.27 bits per heavy atom. The average Bonchev–Trinajstić information content (AvgIpc) is 2.65. The van der Waals surface area contributed by atoms with Crippen LogP contribution >= 0.6 is 11.6 Å². The maximum Gasteiger partial charge on any atom is 0.0790 e. The van der Waals surface area contributed by atoms with Gasteiger partial charge in [0.1, 0.15) is 0 Å². The number of hydrogen-bond acceptors (Lipinski definition) is 2. The highest BCUT2D eigenvalue weighted by atomic mass is 35.5. The molecule has 1 aromatic carbocycles. The maximum absolute atomic E-state index is 9.04. The van der Waals surface area contributed by atoms with Crippen LogP contribution in [0.5, 0.6) is 0 Å². The van der Waals surface area contributed by atoms with Gasteiger partial charge in [0.2, 0.25) is 0 Å². The first-order chi connectivity index (χ1) is 7.20. The van der Waals surface area contributed by atoms with Gasteiger partial charge in [-0.25, -0.2) is 4.68 Å². The number of aromatic nitrogens is 2. The number of aliphatic hydroxyl groups is 1. The van der Waals surface area contributed by atoms with Crippen LogP contribution in [0.15, 0.2) is 30.6 Å². The molecule has 0 saturated carbocycles. The summed E-state index contributed by atoms with van der Waals surface area (Å²) in [5.74, 6) is 0. The Morgan fingerprint density at radius 1 is 1.47 bits per heavy atom. The Hall–Kier alpha value is -1.32. The molecular weight excluding hydrogens is 212 g/mol. The zero-order chi connectivity index (χ0) is 10.8. The molecule has 15 heavy (non-hydrogen) atoms. The molecule has 0 aliphatic rings. The number of benzene rings is 1. The number of halogens is 1. The van der Waals surface area contributed by atoms with Crippen molar-refractivity contribution in [3.63, 3.8) is 0 Å². The Bertz CT molecular complexity index is 479. The van der Waals surface area contributed by atoms with Gasteiger partial charge in [0, 0.05) is 6.20 Å². The van der Waals surface area contributed by atoms with Crippen LogP contribution in [0.4, 0.5) is 0 Å². The highest BCUT2D eigenvalue weighted by Gasteiger charge is 2.02. The van der Waals surface area contributed by atoms with Crippen LogP contribution in [-0.2, 0) is 6.61 Å². The zero-order valence-electron chi connectivity index (χ0n) is 8.31. The first-order valence-corrected chi connectivity index (χ1v) is 4.99. The molecule has 2 rings (SSSR count). The second-order valence-corrected chi connectivity index (χ2v) is 3.81. The van der Waals surface area contributed by atoms with E-state index in [0.717, 1.165) is 16.8 Å². The van der Waals surface area contributed by atoms with E-state index in [1.165, 1.54) is 0 Å². The van der Waals surface area contributed by atoms with Crippen LogP contribution in [-0.4, -0.2) is 14.9 Å². The van der Waals surface area contributed by atoms with Gasteiger partial charge in [-0.1, -0.05) is 17.7 Å². The zero-order valence-corrected chi connectivity index (χ0v) is 9.07. The SMILES string of the molecule is Cc1cc(-n2cc(Cl)cn2)ccc1CO. The quantitative estimate of drug-likeness (QED) is 0.847. The van der Waals surface area contributed by atoms with Gasteiger partial charge in [0.15, 0.2) is 0 Å². The standard InChI is InChI=1S/C11H11ClN2O/c1-8-4-11(3-2-9(8)7-15)14-6-10(12)5-13-14/h2-6,15H,7H2,1H3. The first-order valence-electron chi connectivity index (χ1n) is 4.61. The first kappa shape index (κ1) is 10.2. The van der Waals surface area contributed by atoms with Gasteiger partial charge in [-0.3, -0.25) is 0 Å². The van der Waals surface area contributed by atoms with Gasteiger partial charge >= 0.3 is 0 Å². The number of hydrogen-bond donors (Lipinski definition) is 1. The smallest absolute Gasteiger partial charge is 0.0790 e. The van der Waals surface area contributed by atoms with Crippen LogP contribution in [0.2, 0.25) is 5.02 Å². The predicted octanol–water partition coefficient (Wildman–Crippen LogP) is 2.33. The molecule has 0 radical (unpaired) electrons. The van der Waals surface area contributed by atoms with Crippen molar-refractivity contribution in [1.82, 2.24) is 9.78 Å². The van der Waals surface area contributed by atoms with Crippen LogP contribution < -0.4 is 0 Å². The lowest BCUT2D eigenvalue weighted by atomic mass is 10.1. The largest absolute Gasteiger partial charge is 0.392 e. The van der Waals surface area contributed by atoms with Crippen LogP contribution in [0.1, 0.15) is 11.1 Å². The molecule has 1 aromatic heterocycles. The van der Waals surface area contributed by atoms with E-state index in [0.29, 0.717) is 5.02 Å². The second-order valence-electron chi connectivity index (χ2n) is 3.37. The minimum Gasteiger partial charge on any atom is -0.392 e. The molecule has 4 heteroatoms. The van der Waals surface area contributed by atoms with Crippen LogP contribution in [0, 0.1) is 6.92 Å². The minimum atomic E-state index is 0.0615. The molecule has 0 atom stereocenters. The molecule has 1 heterocycles. The second kappa shape index (κ2) is 4.04. The summed E-state index contributed by atoms with van der Waals surface area (Å²) in [5.41, 5.74) is 2.91. The molecule has 0 spiro atoms. The molecule has 1 N–H and O–H groups in total. The molecule has 0 amide bonds. The minimum absolute atomic E-state index is 0.0615. The molecule has 0 aliphatic carbocycles. The monoisotopic (exact) mass is 222 g/mol. The van der Waals surface area contributed by atoms with E-state index in [9.17, 15) is 0 Å². The average molecular weight is 223 g/mol. The lowest BCUT2D eigenvalue weighted by Crippen LogP contribution is -1.96.